The Morgan fingerprint density at radius 2 is 1.68 bits per heavy atom. The zero-order valence-corrected chi connectivity index (χ0v) is 21.9. The number of methoxy groups -OCH3 is 1. The van der Waals surface area contributed by atoms with Crippen molar-refractivity contribution < 1.29 is 23.8 Å². The van der Waals surface area contributed by atoms with Gasteiger partial charge in [0.05, 0.1) is 25.7 Å². The van der Waals surface area contributed by atoms with Gasteiger partial charge in [-0.15, -0.1) is 0 Å². The predicted octanol–water partition coefficient (Wildman–Crippen LogP) is 5.69. The summed E-state index contributed by atoms with van der Waals surface area (Å²) in [6.45, 7) is 8.91. The third-order valence-corrected chi connectivity index (χ3v) is 12.5. The molecule has 34 heavy (non-hydrogen) atoms. The van der Waals surface area contributed by atoms with Crippen molar-refractivity contribution >= 4 is 11.9 Å². The highest BCUT2D eigenvalue weighted by Crippen LogP contribution is 2.87. The largest absolute Gasteiger partial charge is 0.469 e. The molecular weight excluding hydrogens is 428 g/mol. The number of fused-ring (bicyclic) bond motifs is 4. The molecule has 0 bridgehead atoms. The van der Waals surface area contributed by atoms with Gasteiger partial charge in [0.2, 0.25) is 0 Å². The Hall–Kier alpha value is -1.10. The van der Waals surface area contributed by atoms with Crippen LogP contribution in [0.3, 0.4) is 0 Å². The maximum atomic E-state index is 11.9. The Bertz CT molecular complexity index is 882. The van der Waals surface area contributed by atoms with Gasteiger partial charge < -0.3 is 14.2 Å². The van der Waals surface area contributed by atoms with Crippen molar-refractivity contribution in [2.75, 3.05) is 7.11 Å². The first kappa shape index (κ1) is 23.3. The van der Waals surface area contributed by atoms with Gasteiger partial charge in [-0.2, -0.15) is 0 Å². The highest BCUT2D eigenvalue weighted by atomic mass is 16.5. The summed E-state index contributed by atoms with van der Waals surface area (Å²) in [7, 11) is 1.47. The van der Waals surface area contributed by atoms with Crippen LogP contribution in [0.4, 0.5) is 0 Å². The van der Waals surface area contributed by atoms with Crippen LogP contribution >= 0.6 is 0 Å². The van der Waals surface area contributed by atoms with Crippen LogP contribution in [0, 0.1) is 45.3 Å². The second-order valence-electron chi connectivity index (χ2n) is 13.8. The first-order valence-electron chi connectivity index (χ1n) is 14.0. The van der Waals surface area contributed by atoms with Crippen molar-refractivity contribution in [2.45, 2.75) is 117 Å². The average Bonchev–Trinajstić information content (AvgIpc) is 3.36. The number of carbonyl (C=O) groups excluding carboxylic acids is 2. The number of rotatable bonds is 3. The number of esters is 2. The van der Waals surface area contributed by atoms with Crippen molar-refractivity contribution in [3.63, 3.8) is 0 Å². The molecule has 6 fully saturated rings. The van der Waals surface area contributed by atoms with Crippen LogP contribution in [-0.2, 0) is 23.8 Å². The van der Waals surface area contributed by atoms with Crippen molar-refractivity contribution in [2.24, 2.45) is 45.3 Å². The summed E-state index contributed by atoms with van der Waals surface area (Å²) in [5.41, 5.74) is 1.43. The Morgan fingerprint density at radius 3 is 2.41 bits per heavy atom. The molecule has 2 spiro atoms. The number of hydrogen-bond acceptors (Lipinski definition) is 5. The fourth-order valence-corrected chi connectivity index (χ4v) is 11.1. The molecule has 0 amide bonds. The highest BCUT2D eigenvalue weighted by Gasteiger charge is 2.80. The maximum absolute atomic E-state index is 11.9. The van der Waals surface area contributed by atoms with Gasteiger partial charge in [0, 0.05) is 12.3 Å². The fraction of sp³-hybridized carbons (Fsp3) is 0.931. The first-order valence-corrected chi connectivity index (χ1v) is 14.0. The molecule has 1 saturated heterocycles. The standard InChI is InChI=1S/C29H44O5/c1-17(30)33-24-10-11-29-16-28(29)13-12-27(4)20-7-6-18(14-25(31)32-5)34-22(20)15-21(27)19(28)8-9-23(29)26(24,2)3/h18-24H,6-16H2,1-5H3/t18?,19?,20?,21?,22-,23?,24-,27?,28-,29?/m0/s1. The highest BCUT2D eigenvalue weighted by molar-refractivity contribution is 5.69. The minimum atomic E-state index is -0.144. The Morgan fingerprint density at radius 1 is 0.912 bits per heavy atom. The van der Waals surface area contributed by atoms with E-state index in [9.17, 15) is 9.59 Å². The van der Waals surface area contributed by atoms with Crippen molar-refractivity contribution in [1.82, 2.24) is 0 Å². The molecular formula is C29H44O5. The molecule has 0 radical (unpaired) electrons. The number of carbonyl (C=O) groups is 2. The van der Waals surface area contributed by atoms with E-state index in [4.69, 9.17) is 14.2 Å². The third kappa shape index (κ3) is 2.94. The second kappa shape index (κ2) is 7.46. The molecule has 0 aromatic carbocycles. The third-order valence-electron chi connectivity index (χ3n) is 12.5. The summed E-state index contributed by atoms with van der Waals surface area (Å²) in [5.74, 6) is 2.62. The summed E-state index contributed by atoms with van der Waals surface area (Å²) < 4.78 is 17.4. The molecule has 5 heteroatoms. The van der Waals surface area contributed by atoms with Crippen molar-refractivity contribution in [3.8, 4) is 0 Å². The SMILES string of the molecule is COC(=O)CC1CCC2[C@H](CC3C4CCC5C(C)(C)[C@@H](OC(C)=O)CCC56C[C@@]46CCC32C)O1. The van der Waals surface area contributed by atoms with Crippen LogP contribution in [0.2, 0.25) is 0 Å². The van der Waals surface area contributed by atoms with E-state index in [1.807, 2.05) is 0 Å². The fourth-order valence-electron chi connectivity index (χ4n) is 11.1. The van der Waals surface area contributed by atoms with Crippen molar-refractivity contribution in [3.05, 3.63) is 0 Å². The monoisotopic (exact) mass is 472 g/mol. The summed E-state index contributed by atoms with van der Waals surface area (Å²) >= 11 is 0. The van der Waals surface area contributed by atoms with Gasteiger partial charge >= 0.3 is 11.9 Å². The minimum absolute atomic E-state index is 0.0340. The molecule has 5 aliphatic carbocycles. The van der Waals surface area contributed by atoms with Gasteiger partial charge in [-0.3, -0.25) is 9.59 Å². The second-order valence-corrected chi connectivity index (χ2v) is 13.8. The predicted molar refractivity (Wildman–Crippen MR) is 128 cm³/mol. The smallest absolute Gasteiger partial charge is 0.308 e. The van der Waals surface area contributed by atoms with E-state index >= 15 is 0 Å². The van der Waals surface area contributed by atoms with E-state index in [2.05, 4.69) is 20.8 Å². The topological polar surface area (TPSA) is 61.8 Å². The van der Waals surface area contributed by atoms with Gasteiger partial charge in [0.1, 0.15) is 6.10 Å². The Balaban J connectivity index is 1.23. The van der Waals surface area contributed by atoms with E-state index in [1.165, 1.54) is 58.5 Å². The van der Waals surface area contributed by atoms with E-state index in [-0.39, 0.29) is 29.6 Å². The summed E-state index contributed by atoms with van der Waals surface area (Å²) in [5, 5.41) is 0. The number of ether oxygens (including phenoxy) is 3. The molecule has 0 aromatic rings. The van der Waals surface area contributed by atoms with Crippen molar-refractivity contribution in [1.29, 1.82) is 0 Å². The van der Waals surface area contributed by atoms with E-state index in [1.54, 1.807) is 6.92 Å². The summed E-state index contributed by atoms with van der Waals surface area (Å²) in [6, 6.07) is 0. The molecule has 6 rings (SSSR count). The zero-order valence-electron chi connectivity index (χ0n) is 21.9. The van der Waals surface area contributed by atoms with Crippen LogP contribution in [0.1, 0.15) is 98.3 Å². The molecule has 10 atom stereocenters. The number of hydrogen-bond donors (Lipinski definition) is 0. The summed E-state index contributed by atoms with van der Waals surface area (Å²) in [4.78, 5) is 23.7. The maximum Gasteiger partial charge on any atom is 0.308 e. The lowest BCUT2D eigenvalue weighted by Gasteiger charge is -2.59. The van der Waals surface area contributed by atoms with Crippen LogP contribution in [-0.4, -0.2) is 37.4 Å². The van der Waals surface area contributed by atoms with Gasteiger partial charge in [-0.1, -0.05) is 20.8 Å². The van der Waals surface area contributed by atoms with Gasteiger partial charge in [-0.25, -0.2) is 0 Å². The molecule has 190 valence electrons. The summed E-state index contributed by atoms with van der Waals surface area (Å²) in [6.07, 6.45) is 13.2. The zero-order chi connectivity index (χ0) is 24.1. The average molecular weight is 473 g/mol. The lowest BCUT2D eigenvalue weighted by molar-refractivity contribution is -0.173. The molecule has 5 nitrogen and oxygen atoms in total. The van der Waals surface area contributed by atoms with E-state index in [0.717, 1.165) is 24.7 Å². The Labute approximate surface area is 205 Å². The van der Waals surface area contributed by atoms with Crippen LogP contribution in [0.5, 0.6) is 0 Å². The van der Waals surface area contributed by atoms with Crippen LogP contribution in [0.25, 0.3) is 0 Å². The molecule has 5 saturated carbocycles. The van der Waals surface area contributed by atoms with Crippen LogP contribution in [0.15, 0.2) is 0 Å². The molecule has 0 N–H and O–H groups in total. The molecule has 1 aliphatic heterocycles. The minimum Gasteiger partial charge on any atom is -0.469 e. The molecule has 7 unspecified atom stereocenters. The molecule has 1 heterocycles. The van der Waals surface area contributed by atoms with E-state index in [0.29, 0.717) is 40.6 Å². The lowest BCUT2D eigenvalue weighted by atomic mass is 9.46. The van der Waals surface area contributed by atoms with Gasteiger partial charge in [0.15, 0.2) is 0 Å². The molecule has 6 aliphatic rings. The van der Waals surface area contributed by atoms with Crippen LogP contribution < -0.4 is 0 Å². The van der Waals surface area contributed by atoms with Gasteiger partial charge in [0.25, 0.3) is 0 Å². The quantitative estimate of drug-likeness (QED) is 0.494. The van der Waals surface area contributed by atoms with E-state index < -0.39 is 0 Å². The normalized spacial score (nSPS) is 52.2. The van der Waals surface area contributed by atoms with Gasteiger partial charge in [-0.05, 0) is 104 Å². The first-order chi connectivity index (χ1) is 16.1. The molecule has 0 aromatic heterocycles. The Kier molecular flexibility index (Phi) is 5.11. The lowest BCUT2D eigenvalue weighted by Crippen LogP contribution is -2.55.